The summed E-state index contributed by atoms with van der Waals surface area (Å²) in [6.45, 7) is -0.0224. The molecule has 5 heterocycles. The van der Waals surface area contributed by atoms with E-state index in [0.717, 1.165) is 101 Å². The number of aromatic nitrogens is 3. The zero-order valence-electron chi connectivity index (χ0n) is 29.6. The van der Waals surface area contributed by atoms with Crippen LogP contribution < -0.4 is 25.9 Å². The fourth-order valence-electron chi connectivity index (χ4n) is 7.88. The maximum absolute atomic E-state index is 6.74. The summed E-state index contributed by atoms with van der Waals surface area (Å²) in [6.07, 6.45) is 1.79. The smallest absolute Gasteiger partial charge is 0.260 e. The molecule has 0 unspecified atom stereocenters. The molecule has 1 radical (unpaired) electrons. The van der Waals surface area contributed by atoms with Crippen LogP contribution in [0, 0.1) is 12.1 Å². The minimum absolute atomic E-state index is 0. The number of pyridine rings is 1. The molecule has 3 aromatic heterocycles. The number of hydrogen-bond donors (Lipinski definition) is 0. The van der Waals surface area contributed by atoms with Crippen molar-refractivity contribution in [3.63, 3.8) is 0 Å². The maximum Gasteiger partial charge on any atom is 0.260 e. The molecule has 8 heteroatoms. The standard InChI is InChI=1S/C37H20BN2O3.C11H8N.Ir/c1-2-10-22(11-3-1)40-29-16-6-5-15-28(29)39-37(40)24-13-8-12-23-25-20-34-27(21-33(25)43-36(23)24)38-26-14-4-7-17-30(26)41-31-18-9-19-32(42-34)35(31)38;1-2-6-10(7-3-1)11-8-4-5-9-12-11;/h1-12,14-21H;1-6,8-9H;/q2*-1;. The summed E-state index contributed by atoms with van der Waals surface area (Å²) in [5, 5.41) is 1.99. The normalized spacial score (nSPS) is 12.0. The average molecular weight is 898 g/mol. The van der Waals surface area contributed by atoms with Crippen molar-refractivity contribution in [2.45, 2.75) is 0 Å². The van der Waals surface area contributed by atoms with E-state index in [0.29, 0.717) is 0 Å². The Morgan fingerprint density at radius 3 is 2.20 bits per heavy atom. The van der Waals surface area contributed by atoms with Crippen LogP contribution in [0.1, 0.15) is 0 Å². The summed E-state index contributed by atoms with van der Waals surface area (Å²) in [5.74, 6) is 4.13. The summed E-state index contributed by atoms with van der Waals surface area (Å²) in [7, 11) is 0. The van der Waals surface area contributed by atoms with Gasteiger partial charge in [0, 0.05) is 42.8 Å². The largest absolute Gasteiger partial charge is 0.501 e. The molecule has 0 aliphatic carbocycles. The second kappa shape index (κ2) is 13.8. The van der Waals surface area contributed by atoms with E-state index in [4.69, 9.17) is 18.9 Å². The van der Waals surface area contributed by atoms with Crippen LogP contribution in [-0.4, -0.2) is 21.2 Å². The number of furan rings is 1. The summed E-state index contributed by atoms with van der Waals surface area (Å²) >= 11 is 0. The number of para-hydroxylation sites is 4. The van der Waals surface area contributed by atoms with Crippen LogP contribution in [0.3, 0.4) is 0 Å². The van der Waals surface area contributed by atoms with Crippen molar-refractivity contribution >= 4 is 56.1 Å². The molecule has 6 nitrogen and oxygen atoms in total. The van der Waals surface area contributed by atoms with Gasteiger partial charge in [0.15, 0.2) is 0 Å². The third kappa shape index (κ3) is 5.53. The Balaban J connectivity index is 0.000000254. The van der Waals surface area contributed by atoms with E-state index in [-0.39, 0.29) is 26.8 Å². The van der Waals surface area contributed by atoms with E-state index in [9.17, 15) is 0 Å². The third-order valence-electron chi connectivity index (χ3n) is 10.3. The number of rotatable bonds is 3. The second-order valence-electron chi connectivity index (χ2n) is 13.5. The number of benzene rings is 7. The molecule has 0 atom stereocenters. The Morgan fingerprint density at radius 1 is 0.589 bits per heavy atom. The van der Waals surface area contributed by atoms with Crippen molar-refractivity contribution in [3.8, 4) is 51.3 Å². The summed E-state index contributed by atoms with van der Waals surface area (Å²) < 4.78 is 21.8. The van der Waals surface area contributed by atoms with Gasteiger partial charge in [0.1, 0.15) is 28.6 Å². The van der Waals surface area contributed by atoms with Crippen LogP contribution in [0.5, 0.6) is 23.0 Å². The van der Waals surface area contributed by atoms with E-state index < -0.39 is 0 Å². The van der Waals surface area contributed by atoms with Crippen molar-refractivity contribution in [2.24, 2.45) is 0 Å². The molecule has 12 rings (SSSR count). The average Bonchev–Trinajstić information content (AvgIpc) is 3.82. The van der Waals surface area contributed by atoms with Crippen LogP contribution in [0.4, 0.5) is 0 Å². The van der Waals surface area contributed by atoms with E-state index in [1.807, 2.05) is 115 Å². The van der Waals surface area contributed by atoms with Crippen molar-refractivity contribution in [2.75, 3.05) is 0 Å². The molecule has 56 heavy (non-hydrogen) atoms. The van der Waals surface area contributed by atoms with Gasteiger partial charge in [-0.05, 0) is 77.3 Å². The number of ether oxygens (including phenoxy) is 2. The zero-order valence-corrected chi connectivity index (χ0v) is 32.0. The van der Waals surface area contributed by atoms with Gasteiger partial charge in [0.25, 0.3) is 6.71 Å². The molecule has 7 aromatic carbocycles. The van der Waals surface area contributed by atoms with Crippen molar-refractivity contribution in [1.29, 1.82) is 0 Å². The second-order valence-corrected chi connectivity index (χ2v) is 13.5. The van der Waals surface area contributed by atoms with Crippen LogP contribution in [0.25, 0.3) is 61.3 Å². The SMILES string of the molecule is [Ir].[c-]1ccc2c(oc3cc4c(cc32)Oc2cccc3c2B4c2ccccc2O3)c1-c1nc2ccccc2n1-c1ccccc1.[c-]1ccccc1-c1ccccn1. The predicted octanol–water partition coefficient (Wildman–Crippen LogP) is 9.67. The first-order chi connectivity index (χ1) is 27.3. The fourth-order valence-corrected chi connectivity index (χ4v) is 7.88. The van der Waals surface area contributed by atoms with E-state index in [1.165, 1.54) is 0 Å². The topological polar surface area (TPSA) is 62.3 Å². The van der Waals surface area contributed by atoms with Crippen LogP contribution in [0.15, 0.2) is 174 Å². The quantitative estimate of drug-likeness (QED) is 0.131. The first-order valence-corrected chi connectivity index (χ1v) is 18.2. The molecule has 2 aliphatic heterocycles. The van der Waals surface area contributed by atoms with Gasteiger partial charge in [0.05, 0.1) is 22.4 Å². The van der Waals surface area contributed by atoms with E-state index >= 15 is 0 Å². The molecule has 0 saturated heterocycles. The van der Waals surface area contributed by atoms with Crippen molar-refractivity contribution in [3.05, 3.63) is 182 Å². The van der Waals surface area contributed by atoms with E-state index in [1.54, 1.807) is 6.20 Å². The predicted molar refractivity (Wildman–Crippen MR) is 219 cm³/mol. The van der Waals surface area contributed by atoms with Gasteiger partial charge in [0.2, 0.25) is 0 Å². The van der Waals surface area contributed by atoms with Gasteiger partial charge in [-0.2, -0.15) is 0 Å². The molecule has 267 valence electrons. The Morgan fingerprint density at radius 2 is 1.36 bits per heavy atom. The molecule has 0 fully saturated rings. The zero-order chi connectivity index (χ0) is 36.3. The number of hydrogen-bond acceptors (Lipinski definition) is 5. The van der Waals surface area contributed by atoms with Crippen LogP contribution >= 0.6 is 0 Å². The van der Waals surface area contributed by atoms with Crippen molar-refractivity contribution in [1.82, 2.24) is 14.5 Å². The molecule has 0 N–H and O–H groups in total. The van der Waals surface area contributed by atoms with Gasteiger partial charge < -0.3 is 23.4 Å². The molecule has 0 amide bonds. The molecule has 0 saturated carbocycles. The maximum atomic E-state index is 6.74. The first-order valence-electron chi connectivity index (χ1n) is 18.2. The first kappa shape index (κ1) is 33.8. The number of imidazole rings is 1. The Bertz CT molecular complexity index is 3020. The minimum Gasteiger partial charge on any atom is -0.501 e. The molecular formula is C48H28BIrN3O3-2. The molecule has 0 bridgehead atoms. The monoisotopic (exact) mass is 898 g/mol. The van der Waals surface area contributed by atoms with Gasteiger partial charge in [-0.15, -0.1) is 54.1 Å². The van der Waals surface area contributed by atoms with Gasteiger partial charge in [-0.1, -0.05) is 77.7 Å². The molecule has 2 aliphatic rings. The number of fused-ring (bicyclic) bond motifs is 8. The minimum atomic E-state index is -0.0224. The Kier molecular flexibility index (Phi) is 8.36. The molecule has 10 aromatic rings. The summed E-state index contributed by atoms with van der Waals surface area (Å²) in [5.41, 5.74) is 10.6. The van der Waals surface area contributed by atoms with E-state index in [2.05, 4.69) is 70.2 Å². The summed E-state index contributed by atoms with van der Waals surface area (Å²) in [6, 6.07) is 61.3. The van der Waals surface area contributed by atoms with Gasteiger partial charge in [-0.25, -0.2) is 0 Å². The third-order valence-corrected chi connectivity index (χ3v) is 10.3. The van der Waals surface area contributed by atoms with Crippen molar-refractivity contribution < 1.29 is 34.0 Å². The molecule has 0 spiro atoms. The Labute approximate surface area is 336 Å². The van der Waals surface area contributed by atoms with Crippen LogP contribution in [0.2, 0.25) is 0 Å². The summed E-state index contributed by atoms with van der Waals surface area (Å²) in [4.78, 5) is 9.30. The molecular weight excluding hydrogens is 870 g/mol. The van der Waals surface area contributed by atoms with Gasteiger partial charge in [-0.3, -0.25) is 4.98 Å². The number of nitrogens with zero attached hydrogens (tertiary/aromatic N) is 3. The van der Waals surface area contributed by atoms with Crippen LogP contribution in [-0.2, 0) is 20.1 Å². The van der Waals surface area contributed by atoms with Gasteiger partial charge >= 0.3 is 0 Å². The fraction of sp³-hybridized carbons (Fsp3) is 0. The Hall–Kier alpha value is -6.73.